The summed E-state index contributed by atoms with van der Waals surface area (Å²) in [6.45, 7) is 5.66. The highest BCUT2D eigenvalue weighted by molar-refractivity contribution is 9.12. The molecule has 4 heteroatoms. The Morgan fingerprint density at radius 3 is 2.21 bits per heavy atom. The van der Waals surface area contributed by atoms with E-state index in [1.807, 2.05) is 20.8 Å². The number of carboxylic acid groups (broad SMARTS) is 1. The predicted octanol–water partition coefficient (Wildman–Crippen LogP) is 2.65. The normalized spacial score (nSPS) is 18.0. The number of nitrogens with zero attached hydrogens (tertiary/aromatic N) is 1. The third-order valence-electron chi connectivity index (χ3n) is 2.29. The van der Waals surface area contributed by atoms with Crippen molar-refractivity contribution < 1.29 is 9.90 Å². The maximum absolute atomic E-state index is 11.2. The fourth-order valence-corrected chi connectivity index (χ4v) is 2.09. The summed E-state index contributed by atoms with van der Waals surface area (Å²) in [5.74, 6) is 2.93. The summed E-state index contributed by atoms with van der Waals surface area (Å²) >= 11 is 3.03. The van der Waals surface area contributed by atoms with E-state index in [1.54, 1.807) is 0 Å². The van der Waals surface area contributed by atoms with E-state index >= 15 is 0 Å². The van der Waals surface area contributed by atoms with Crippen molar-refractivity contribution in [3.8, 4) is 10.8 Å². The molecule has 0 bridgehead atoms. The standard InChI is InChI=1S/C10H14BrNO2/c1-9(2,3)12(8(13)14)10(4-5-10)6-7-11/h4-5H2,1-3H3,(H,13,14). The Morgan fingerprint density at radius 1 is 1.50 bits per heavy atom. The maximum atomic E-state index is 11.2. The van der Waals surface area contributed by atoms with E-state index in [2.05, 4.69) is 26.7 Å². The van der Waals surface area contributed by atoms with Gasteiger partial charge in [-0.1, -0.05) is 5.92 Å². The topological polar surface area (TPSA) is 40.5 Å². The molecule has 1 saturated carbocycles. The minimum absolute atomic E-state index is 0.404. The molecule has 0 aromatic carbocycles. The third kappa shape index (κ3) is 2.03. The SMILES string of the molecule is CC(C)(C)N(C(=O)O)C1(C#CBr)CC1. The summed E-state index contributed by atoms with van der Waals surface area (Å²) < 4.78 is 0. The summed E-state index contributed by atoms with van der Waals surface area (Å²) in [6, 6.07) is 0. The molecule has 14 heavy (non-hydrogen) atoms. The molecule has 0 saturated heterocycles. The second-order valence-electron chi connectivity index (χ2n) is 4.54. The molecule has 1 rings (SSSR count). The van der Waals surface area contributed by atoms with E-state index in [0.29, 0.717) is 0 Å². The average Bonchev–Trinajstić information content (AvgIpc) is 2.65. The molecule has 0 spiro atoms. The van der Waals surface area contributed by atoms with Gasteiger partial charge in [0, 0.05) is 21.5 Å². The number of hydrogen-bond acceptors (Lipinski definition) is 1. The number of rotatable bonds is 1. The van der Waals surface area contributed by atoms with Crippen molar-refractivity contribution in [2.45, 2.75) is 44.7 Å². The first-order chi connectivity index (χ1) is 6.33. The van der Waals surface area contributed by atoms with Crippen LogP contribution in [-0.2, 0) is 0 Å². The van der Waals surface area contributed by atoms with E-state index in [4.69, 9.17) is 5.11 Å². The largest absolute Gasteiger partial charge is 0.465 e. The summed E-state index contributed by atoms with van der Waals surface area (Å²) in [4.78, 5) is 15.2. The van der Waals surface area contributed by atoms with Gasteiger partial charge in [-0.25, -0.2) is 4.79 Å². The second-order valence-corrected chi connectivity index (χ2v) is 4.94. The van der Waals surface area contributed by atoms with Crippen molar-refractivity contribution in [3.63, 3.8) is 0 Å². The Hall–Kier alpha value is -0.690. The van der Waals surface area contributed by atoms with E-state index in [-0.39, 0.29) is 0 Å². The molecule has 1 amide bonds. The van der Waals surface area contributed by atoms with Crippen LogP contribution in [0.5, 0.6) is 0 Å². The highest BCUT2D eigenvalue weighted by Crippen LogP contribution is 2.44. The van der Waals surface area contributed by atoms with Crippen molar-refractivity contribution in [1.82, 2.24) is 4.90 Å². The van der Waals surface area contributed by atoms with E-state index in [1.165, 1.54) is 4.90 Å². The smallest absolute Gasteiger partial charge is 0.408 e. The van der Waals surface area contributed by atoms with Crippen molar-refractivity contribution >= 4 is 22.0 Å². The molecular formula is C10H14BrNO2. The average molecular weight is 260 g/mol. The zero-order valence-electron chi connectivity index (χ0n) is 8.59. The van der Waals surface area contributed by atoms with Crippen LogP contribution < -0.4 is 0 Å². The molecule has 1 N–H and O–H groups in total. The van der Waals surface area contributed by atoms with Gasteiger partial charge in [-0.3, -0.25) is 4.90 Å². The number of amides is 1. The van der Waals surface area contributed by atoms with Gasteiger partial charge in [-0.05, 0) is 38.4 Å². The summed E-state index contributed by atoms with van der Waals surface area (Å²) in [5, 5.41) is 9.15. The van der Waals surface area contributed by atoms with Crippen LogP contribution >= 0.6 is 15.9 Å². The number of hydrogen-bond donors (Lipinski definition) is 1. The van der Waals surface area contributed by atoms with Gasteiger partial charge in [0.15, 0.2) is 0 Å². The van der Waals surface area contributed by atoms with Crippen molar-refractivity contribution in [1.29, 1.82) is 0 Å². The van der Waals surface area contributed by atoms with Crippen LogP contribution in [0.3, 0.4) is 0 Å². The van der Waals surface area contributed by atoms with Gasteiger partial charge >= 0.3 is 6.09 Å². The lowest BCUT2D eigenvalue weighted by Crippen LogP contribution is -2.52. The van der Waals surface area contributed by atoms with E-state index in [0.717, 1.165) is 12.8 Å². The van der Waals surface area contributed by atoms with Crippen LogP contribution in [0.25, 0.3) is 0 Å². The molecule has 0 heterocycles. The zero-order valence-corrected chi connectivity index (χ0v) is 10.2. The highest BCUT2D eigenvalue weighted by Gasteiger charge is 2.53. The molecule has 3 nitrogen and oxygen atoms in total. The molecule has 0 unspecified atom stereocenters. The first kappa shape index (κ1) is 11.4. The van der Waals surface area contributed by atoms with Crippen LogP contribution in [-0.4, -0.2) is 27.2 Å². The van der Waals surface area contributed by atoms with Crippen molar-refractivity contribution in [2.24, 2.45) is 0 Å². The number of halogens is 1. The Bertz CT molecular complexity index is 304. The monoisotopic (exact) mass is 259 g/mol. The Kier molecular flexibility index (Phi) is 2.82. The van der Waals surface area contributed by atoms with Gasteiger partial charge < -0.3 is 5.11 Å². The lowest BCUT2D eigenvalue weighted by molar-refractivity contribution is 0.0787. The van der Waals surface area contributed by atoms with Crippen molar-refractivity contribution in [3.05, 3.63) is 0 Å². The molecule has 1 fully saturated rings. The molecule has 0 radical (unpaired) electrons. The van der Waals surface area contributed by atoms with Crippen LogP contribution in [0, 0.1) is 10.8 Å². The van der Waals surface area contributed by atoms with Crippen LogP contribution in [0.4, 0.5) is 4.79 Å². The minimum atomic E-state index is -0.898. The van der Waals surface area contributed by atoms with Crippen molar-refractivity contribution in [2.75, 3.05) is 0 Å². The fourth-order valence-electron chi connectivity index (χ4n) is 1.72. The molecule has 1 aliphatic carbocycles. The van der Waals surface area contributed by atoms with E-state index < -0.39 is 17.2 Å². The van der Waals surface area contributed by atoms with Gasteiger partial charge in [0.2, 0.25) is 0 Å². The van der Waals surface area contributed by atoms with Crippen LogP contribution in [0.15, 0.2) is 0 Å². The molecule has 0 aliphatic heterocycles. The first-order valence-electron chi connectivity index (χ1n) is 4.49. The van der Waals surface area contributed by atoms with E-state index in [9.17, 15) is 4.79 Å². The second kappa shape index (κ2) is 3.47. The molecule has 0 aromatic rings. The summed E-state index contributed by atoms with van der Waals surface area (Å²) in [6.07, 6.45) is 0.759. The highest BCUT2D eigenvalue weighted by atomic mass is 79.9. The molecule has 78 valence electrons. The zero-order chi connectivity index (χ0) is 11.0. The quantitative estimate of drug-likeness (QED) is 0.736. The third-order valence-corrected chi connectivity index (χ3v) is 2.49. The van der Waals surface area contributed by atoms with Gasteiger partial charge in [0.05, 0.1) is 0 Å². The Morgan fingerprint density at radius 2 is 2.00 bits per heavy atom. The van der Waals surface area contributed by atoms with Gasteiger partial charge in [-0.2, -0.15) is 0 Å². The summed E-state index contributed by atoms with van der Waals surface area (Å²) in [7, 11) is 0. The fraction of sp³-hybridized carbons (Fsp3) is 0.700. The predicted molar refractivity (Wildman–Crippen MR) is 58.3 cm³/mol. The van der Waals surface area contributed by atoms with Crippen LogP contribution in [0.1, 0.15) is 33.6 Å². The van der Waals surface area contributed by atoms with Gasteiger partial charge in [0.1, 0.15) is 5.54 Å². The molecule has 0 aromatic heterocycles. The minimum Gasteiger partial charge on any atom is -0.465 e. The Labute approximate surface area is 92.6 Å². The summed E-state index contributed by atoms with van der Waals surface area (Å²) in [5.41, 5.74) is -0.854. The molecular weight excluding hydrogens is 246 g/mol. The maximum Gasteiger partial charge on any atom is 0.408 e. The Balaban J connectivity index is 2.99. The first-order valence-corrected chi connectivity index (χ1v) is 5.29. The van der Waals surface area contributed by atoms with Gasteiger partial charge in [-0.15, -0.1) is 0 Å². The molecule has 0 atom stereocenters. The van der Waals surface area contributed by atoms with Gasteiger partial charge in [0.25, 0.3) is 0 Å². The number of carbonyl (C=O) groups is 1. The lowest BCUT2D eigenvalue weighted by Gasteiger charge is -2.37. The van der Waals surface area contributed by atoms with Crippen LogP contribution in [0.2, 0.25) is 0 Å². The molecule has 1 aliphatic rings. The lowest BCUT2D eigenvalue weighted by atomic mass is 10.0.